The normalized spacial score (nSPS) is 19.5. The zero-order valence-corrected chi connectivity index (χ0v) is 7.35. The zero-order chi connectivity index (χ0) is 10.2. The van der Waals surface area contributed by atoms with Crippen LogP contribution < -0.4 is 0 Å². The Kier molecular flexibility index (Phi) is 2.22. The van der Waals surface area contributed by atoms with E-state index in [9.17, 15) is 14.4 Å². The minimum Gasteiger partial charge on any atom is -0.480 e. The van der Waals surface area contributed by atoms with Gasteiger partial charge in [-0.25, -0.2) is 14.5 Å². The smallest absolute Gasteiger partial charge is 0.327 e. The Hall–Kier alpha value is -1.59. The van der Waals surface area contributed by atoms with E-state index in [0.29, 0.717) is 0 Å². The molecule has 1 N–H and O–H groups in total. The van der Waals surface area contributed by atoms with Crippen molar-refractivity contribution in [2.75, 3.05) is 13.6 Å². The standard InChI is InChI=1S/C7H10N2O4/c1-4(6(11)12)9-5(10)3-8(2)7(9)13/h4H,3H2,1-2H3,(H,11,12). The summed E-state index contributed by atoms with van der Waals surface area (Å²) in [5, 5.41) is 8.60. The molecule has 0 aromatic carbocycles. The van der Waals surface area contributed by atoms with Crippen LogP contribution in [0.15, 0.2) is 0 Å². The Morgan fingerprint density at radius 1 is 1.54 bits per heavy atom. The molecule has 13 heavy (non-hydrogen) atoms. The maximum atomic E-state index is 11.2. The second-order valence-corrected chi connectivity index (χ2v) is 2.92. The van der Waals surface area contributed by atoms with Gasteiger partial charge in [-0.1, -0.05) is 0 Å². The van der Waals surface area contributed by atoms with Gasteiger partial charge in [-0.05, 0) is 6.92 Å². The monoisotopic (exact) mass is 186 g/mol. The molecule has 1 aliphatic rings. The summed E-state index contributed by atoms with van der Waals surface area (Å²) in [4.78, 5) is 34.8. The highest BCUT2D eigenvalue weighted by Gasteiger charge is 2.39. The number of carboxylic acid groups (broad SMARTS) is 1. The second-order valence-electron chi connectivity index (χ2n) is 2.92. The Morgan fingerprint density at radius 3 is 2.38 bits per heavy atom. The fourth-order valence-electron chi connectivity index (χ4n) is 1.13. The summed E-state index contributed by atoms with van der Waals surface area (Å²) in [7, 11) is 1.45. The molecule has 0 saturated carbocycles. The lowest BCUT2D eigenvalue weighted by Crippen LogP contribution is -2.43. The SMILES string of the molecule is CC(C(=O)O)N1C(=O)CN(C)C1=O. The summed E-state index contributed by atoms with van der Waals surface area (Å²) in [6.45, 7) is 1.26. The third-order valence-electron chi connectivity index (χ3n) is 1.92. The predicted molar refractivity (Wildman–Crippen MR) is 42.0 cm³/mol. The topological polar surface area (TPSA) is 77.9 Å². The molecule has 1 unspecified atom stereocenters. The quantitative estimate of drug-likeness (QED) is 0.581. The Balaban J connectivity index is 2.86. The average molecular weight is 186 g/mol. The highest BCUT2D eigenvalue weighted by atomic mass is 16.4. The van der Waals surface area contributed by atoms with Crippen LogP contribution in [0.2, 0.25) is 0 Å². The number of amides is 3. The Bertz CT molecular complexity index is 276. The van der Waals surface area contributed by atoms with Gasteiger partial charge in [-0.3, -0.25) is 4.79 Å². The van der Waals surface area contributed by atoms with Crippen LogP contribution in [-0.2, 0) is 9.59 Å². The number of carbonyl (C=O) groups is 3. The average Bonchev–Trinajstić information content (AvgIpc) is 2.26. The highest BCUT2D eigenvalue weighted by Crippen LogP contribution is 2.11. The first-order valence-corrected chi connectivity index (χ1v) is 3.75. The summed E-state index contributed by atoms with van der Waals surface area (Å²) < 4.78 is 0. The molecule has 0 aromatic rings. The van der Waals surface area contributed by atoms with Crippen LogP contribution in [0.5, 0.6) is 0 Å². The molecule has 1 atom stereocenters. The lowest BCUT2D eigenvalue weighted by Gasteiger charge is -2.17. The van der Waals surface area contributed by atoms with E-state index in [1.165, 1.54) is 18.9 Å². The first kappa shape index (κ1) is 9.50. The van der Waals surface area contributed by atoms with E-state index in [1.807, 2.05) is 0 Å². The van der Waals surface area contributed by atoms with Gasteiger partial charge in [-0.2, -0.15) is 0 Å². The second kappa shape index (κ2) is 3.04. The number of carboxylic acids is 1. The van der Waals surface area contributed by atoms with Crippen LogP contribution in [0, 0.1) is 0 Å². The van der Waals surface area contributed by atoms with Crippen LogP contribution >= 0.6 is 0 Å². The number of rotatable bonds is 2. The molecule has 0 bridgehead atoms. The molecule has 0 aliphatic carbocycles. The number of hydrogen-bond donors (Lipinski definition) is 1. The fraction of sp³-hybridized carbons (Fsp3) is 0.571. The van der Waals surface area contributed by atoms with Crippen LogP contribution in [-0.4, -0.2) is 52.4 Å². The molecule has 1 fully saturated rings. The third kappa shape index (κ3) is 1.47. The molecule has 1 saturated heterocycles. The minimum atomic E-state index is -1.18. The Labute approximate surface area is 74.7 Å². The first-order valence-electron chi connectivity index (χ1n) is 3.75. The van der Waals surface area contributed by atoms with Gasteiger partial charge in [0.15, 0.2) is 0 Å². The first-order chi connectivity index (χ1) is 5.95. The van der Waals surface area contributed by atoms with Gasteiger partial charge in [-0.15, -0.1) is 0 Å². The number of aliphatic carboxylic acids is 1. The molecular formula is C7H10N2O4. The summed E-state index contributed by atoms with van der Waals surface area (Å²) in [5.41, 5.74) is 0. The molecule has 3 amide bonds. The molecule has 1 heterocycles. The molecule has 1 aliphatic heterocycles. The van der Waals surface area contributed by atoms with Crippen molar-refractivity contribution >= 4 is 17.9 Å². The van der Waals surface area contributed by atoms with E-state index in [-0.39, 0.29) is 6.54 Å². The minimum absolute atomic E-state index is 0.0452. The van der Waals surface area contributed by atoms with Gasteiger partial charge in [0.1, 0.15) is 12.6 Å². The van der Waals surface area contributed by atoms with Gasteiger partial charge in [0.25, 0.3) is 5.91 Å². The van der Waals surface area contributed by atoms with Gasteiger partial charge in [0.2, 0.25) is 0 Å². The highest BCUT2D eigenvalue weighted by molar-refractivity contribution is 6.04. The van der Waals surface area contributed by atoms with Crippen LogP contribution in [0.3, 0.4) is 0 Å². The molecule has 72 valence electrons. The number of nitrogens with zero attached hydrogens (tertiary/aromatic N) is 2. The van der Waals surface area contributed by atoms with Crippen molar-refractivity contribution in [2.45, 2.75) is 13.0 Å². The number of imide groups is 1. The largest absolute Gasteiger partial charge is 0.480 e. The van der Waals surface area contributed by atoms with Gasteiger partial charge in [0.05, 0.1) is 0 Å². The molecule has 6 nitrogen and oxygen atoms in total. The summed E-state index contributed by atoms with van der Waals surface area (Å²) in [5.74, 6) is -1.65. The van der Waals surface area contributed by atoms with E-state index in [0.717, 1.165) is 4.90 Å². The van der Waals surface area contributed by atoms with Crippen LogP contribution in [0.4, 0.5) is 4.79 Å². The van der Waals surface area contributed by atoms with E-state index < -0.39 is 23.9 Å². The van der Waals surface area contributed by atoms with Crippen molar-refractivity contribution in [1.29, 1.82) is 0 Å². The van der Waals surface area contributed by atoms with E-state index in [1.54, 1.807) is 0 Å². The Morgan fingerprint density at radius 2 is 2.08 bits per heavy atom. The number of hydrogen-bond acceptors (Lipinski definition) is 3. The van der Waals surface area contributed by atoms with Crippen molar-refractivity contribution in [3.63, 3.8) is 0 Å². The molecular weight excluding hydrogens is 176 g/mol. The van der Waals surface area contributed by atoms with Crippen molar-refractivity contribution in [3.8, 4) is 0 Å². The van der Waals surface area contributed by atoms with Crippen molar-refractivity contribution < 1.29 is 19.5 Å². The summed E-state index contributed by atoms with van der Waals surface area (Å²) in [6, 6.07) is -1.65. The summed E-state index contributed by atoms with van der Waals surface area (Å²) in [6.07, 6.45) is 0. The van der Waals surface area contributed by atoms with Gasteiger partial charge in [0, 0.05) is 7.05 Å². The number of carbonyl (C=O) groups excluding carboxylic acids is 2. The lowest BCUT2D eigenvalue weighted by atomic mass is 10.3. The number of likely N-dealkylation sites (N-methyl/N-ethyl adjacent to an activating group) is 1. The van der Waals surface area contributed by atoms with Crippen molar-refractivity contribution in [3.05, 3.63) is 0 Å². The van der Waals surface area contributed by atoms with Gasteiger partial charge < -0.3 is 10.0 Å². The van der Waals surface area contributed by atoms with Crippen LogP contribution in [0.1, 0.15) is 6.92 Å². The lowest BCUT2D eigenvalue weighted by molar-refractivity contribution is -0.145. The van der Waals surface area contributed by atoms with E-state index in [4.69, 9.17) is 5.11 Å². The summed E-state index contributed by atoms with van der Waals surface area (Å²) >= 11 is 0. The molecule has 0 aromatic heterocycles. The van der Waals surface area contributed by atoms with E-state index in [2.05, 4.69) is 0 Å². The third-order valence-corrected chi connectivity index (χ3v) is 1.92. The number of urea groups is 1. The molecule has 6 heteroatoms. The predicted octanol–water partition coefficient (Wildman–Crippen LogP) is -0.646. The maximum Gasteiger partial charge on any atom is 0.327 e. The molecule has 0 spiro atoms. The molecule has 1 rings (SSSR count). The fourth-order valence-corrected chi connectivity index (χ4v) is 1.13. The van der Waals surface area contributed by atoms with Gasteiger partial charge >= 0.3 is 12.0 Å². The van der Waals surface area contributed by atoms with Crippen molar-refractivity contribution in [1.82, 2.24) is 9.80 Å². The van der Waals surface area contributed by atoms with Crippen molar-refractivity contribution in [2.24, 2.45) is 0 Å². The molecule has 0 radical (unpaired) electrons. The van der Waals surface area contributed by atoms with E-state index >= 15 is 0 Å². The van der Waals surface area contributed by atoms with Crippen LogP contribution in [0.25, 0.3) is 0 Å². The maximum absolute atomic E-state index is 11.2. The zero-order valence-electron chi connectivity index (χ0n) is 7.35.